The van der Waals surface area contributed by atoms with Gasteiger partial charge in [0.25, 0.3) is 0 Å². The molecule has 0 saturated carbocycles. The predicted octanol–water partition coefficient (Wildman–Crippen LogP) is 4.11. The van der Waals surface area contributed by atoms with E-state index in [0.717, 1.165) is 29.5 Å². The highest BCUT2D eigenvalue weighted by Gasteiger charge is 2.52. The summed E-state index contributed by atoms with van der Waals surface area (Å²) >= 11 is 0. The van der Waals surface area contributed by atoms with Gasteiger partial charge in [0, 0.05) is 34.1 Å². The molecule has 0 amide bonds. The van der Waals surface area contributed by atoms with Crippen molar-refractivity contribution in [2.24, 2.45) is 0 Å². The average Bonchev–Trinajstić information content (AvgIpc) is 3.49. The predicted molar refractivity (Wildman–Crippen MR) is 161 cm³/mol. The highest BCUT2D eigenvalue weighted by Crippen LogP contribution is 2.40. The Labute approximate surface area is 263 Å². The molecule has 0 N–H and O–H groups in total. The minimum atomic E-state index is -1.27. The number of ether oxygens (including phenoxy) is 7. The molecule has 2 saturated heterocycles. The van der Waals surface area contributed by atoms with Crippen LogP contribution in [0.3, 0.4) is 0 Å². The van der Waals surface area contributed by atoms with Crippen molar-refractivity contribution in [2.45, 2.75) is 97.4 Å². The number of hydrogen-bond donors (Lipinski definition) is 0. The maximum atomic E-state index is 12.4. The van der Waals surface area contributed by atoms with Crippen molar-refractivity contribution in [1.29, 1.82) is 0 Å². The maximum absolute atomic E-state index is 12.4. The first-order valence-corrected chi connectivity index (χ1v) is 15.2. The van der Waals surface area contributed by atoms with Crippen molar-refractivity contribution >= 4 is 23.9 Å². The monoisotopic (exact) mass is 626 g/mol. The van der Waals surface area contributed by atoms with Gasteiger partial charge in [-0.1, -0.05) is 37.3 Å². The first-order valence-electron chi connectivity index (χ1n) is 15.2. The molecule has 11 nitrogen and oxygen atoms in total. The molecule has 0 bridgehead atoms. The highest BCUT2D eigenvalue weighted by atomic mass is 16.7. The minimum absolute atomic E-state index is 0.147. The van der Waals surface area contributed by atoms with Crippen LogP contribution in [0.25, 0.3) is 0 Å². The lowest BCUT2D eigenvalue weighted by Gasteiger charge is -2.44. The van der Waals surface area contributed by atoms with Gasteiger partial charge in [-0.05, 0) is 53.6 Å². The van der Waals surface area contributed by atoms with Crippen LogP contribution >= 0.6 is 0 Å². The van der Waals surface area contributed by atoms with Crippen LogP contribution in [-0.4, -0.2) is 74.2 Å². The maximum Gasteiger partial charge on any atom is 0.303 e. The molecule has 11 heteroatoms. The quantitative estimate of drug-likeness (QED) is 0.264. The fraction of sp³-hybridized carbons (Fsp3) is 0.529. The van der Waals surface area contributed by atoms with Gasteiger partial charge in [-0.3, -0.25) is 19.2 Å². The van der Waals surface area contributed by atoms with Crippen LogP contribution in [0.5, 0.6) is 5.75 Å². The van der Waals surface area contributed by atoms with Crippen LogP contribution in [0, 0.1) is 6.92 Å². The number of benzene rings is 2. The first-order chi connectivity index (χ1) is 21.4. The van der Waals surface area contributed by atoms with Crippen molar-refractivity contribution in [3.05, 3.63) is 64.2 Å². The Bertz CT molecular complexity index is 1360. The van der Waals surface area contributed by atoms with Crippen LogP contribution < -0.4 is 4.74 Å². The van der Waals surface area contributed by atoms with E-state index < -0.39 is 54.4 Å². The second-order valence-electron chi connectivity index (χ2n) is 11.4. The van der Waals surface area contributed by atoms with Gasteiger partial charge in [-0.2, -0.15) is 0 Å². The molecule has 6 atom stereocenters. The summed E-state index contributed by atoms with van der Waals surface area (Å²) in [6, 6.07) is 12.1. The van der Waals surface area contributed by atoms with Crippen LogP contribution in [0.4, 0.5) is 0 Å². The molecule has 45 heavy (non-hydrogen) atoms. The molecule has 2 aliphatic rings. The van der Waals surface area contributed by atoms with Crippen molar-refractivity contribution in [1.82, 2.24) is 0 Å². The van der Waals surface area contributed by atoms with Gasteiger partial charge in [-0.25, -0.2) is 0 Å². The first kappa shape index (κ1) is 33.9. The van der Waals surface area contributed by atoms with Gasteiger partial charge in [-0.15, -0.1) is 0 Å². The third kappa shape index (κ3) is 9.04. The summed E-state index contributed by atoms with van der Waals surface area (Å²) < 4.78 is 40.6. The van der Waals surface area contributed by atoms with E-state index >= 15 is 0 Å². The molecule has 0 aliphatic carbocycles. The molecule has 0 aromatic heterocycles. The Hall–Kier alpha value is -3.96. The summed E-state index contributed by atoms with van der Waals surface area (Å²) in [5, 5.41) is 0. The fourth-order valence-corrected chi connectivity index (χ4v) is 5.63. The lowest BCUT2D eigenvalue weighted by atomic mass is 9.88. The number of esters is 4. The van der Waals surface area contributed by atoms with Gasteiger partial charge in [0.2, 0.25) is 0 Å². The van der Waals surface area contributed by atoms with E-state index in [1.54, 1.807) is 0 Å². The van der Waals surface area contributed by atoms with Crippen molar-refractivity contribution in [3.63, 3.8) is 0 Å². The lowest BCUT2D eigenvalue weighted by Crippen LogP contribution is -2.59. The van der Waals surface area contributed by atoms with Crippen molar-refractivity contribution < 1.29 is 52.3 Å². The standard InChI is InChI=1S/C34H42O11/c1-7-24-8-10-25(11-9-24)14-26-15-27(16-29(19(26)2)44-28-12-13-39-17-28)31-33(42-22(5)37)34(43-23(6)38)32(41-21(4)36)30(45-31)18-40-20(3)35/h8-11,15-16,28,30-34H,7,12-14,17-18H2,1-6H3/t28-,30+,31-,32+,33-,34-/m0/s1. The topological polar surface area (TPSA) is 133 Å². The third-order valence-electron chi connectivity index (χ3n) is 7.82. The van der Waals surface area contributed by atoms with E-state index in [9.17, 15) is 19.2 Å². The second-order valence-corrected chi connectivity index (χ2v) is 11.4. The SMILES string of the molecule is CCc1ccc(Cc2cc([C@@H]3O[C@H](COC(C)=O)[C@@H](OC(C)=O)[C@H](OC(C)=O)[C@H]3OC(C)=O)cc(O[C@H]3CCOC3)c2C)cc1. The Balaban J connectivity index is 1.83. The summed E-state index contributed by atoms with van der Waals surface area (Å²) in [7, 11) is 0. The highest BCUT2D eigenvalue weighted by molar-refractivity contribution is 5.69. The molecule has 4 rings (SSSR count). The van der Waals surface area contributed by atoms with Gasteiger partial charge in [0.1, 0.15) is 30.7 Å². The molecule has 2 heterocycles. The molecule has 2 aliphatic heterocycles. The fourth-order valence-electron chi connectivity index (χ4n) is 5.63. The van der Waals surface area contributed by atoms with Gasteiger partial charge in [0.15, 0.2) is 18.3 Å². The number of aryl methyl sites for hydroxylation is 1. The zero-order valence-electron chi connectivity index (χ0n) is 26.7. The Morgan fingerprint density at radius 1 is 0.822 bits per heavy atom. The molecule has 244 valence electrons. The Morgan fingerprint density at radius 2 is 1.44 bits per heavy atom. The minimum Gasteiger partial charge on any atom is -0.488 e. The van der Waals surface area contributed by atoms with Gasteiger partial charge >= 0.3 is 23.9 Å². The zero-order valence-corrected chi connectivity index (χ0v) is 26.7. The number of hydrogen-bond acceptors (Lipinski definition) is 11. The van der Waals surface area contributed by atoms with Crippen molar-refractivity contribution in [3.8, 4) is 5.75 Å². The van der Waals surface area contributed by atoms with E-state index in [-0.39, 0.29) is 12.7 Å². The van der Waals surface area contributed by atoms with Crippen LogP contribution in [0.1, 0.15) is 75.0 Å². The summed E-state index contributed by atoms with van der Waals surface area (Å²) in [5.41, 5.74) is 4.76. The normalized spacial score (nSPS) is 24.4. The van der Waals surface area contributed by atoms with E-state index in [1.165, 1.54) is 33.3 Å². The molecule has 0 unspecified atom stereocenters. The van der Waals surface area contributed by atoms with Gasteiger partial charge in [0.05, 0.1) is 13.2 Å². The van der Waals surface area contributed by atoms with Gasteiger partial charge < -0.3 is 33.2 Å². The van der Waals surface area contributed by atoms with Crippen LogP contribution in [-0.2, 0) is 60.4 Å². The Morgan fingerprint density at radius 3 is 2.02 bits per heavy atom. The molecule has 2 aromatic rings. The Kier molecular flexibility index (Phi) is 11.6. The van der Waals surface area contributed by atoms with Crippen LogP contribution in [0.2, 0.25) is 0 Å². The van der Waals surface area contributed by atoms with Crippen molar-refractivity contribution in [2.75, 3.05) is 19.8 Å². The summed E-state index contributed by atoms with van der Waals surface area (Å²) in [6.07, 6.45) is -3.71. The van der Waals surface area contributed by atoms with E-state index in [1.807, 2.05) is 19.1 Å². The molecule has 0 radical (unpaired) electrons. The van der Waals surface area contributed by atoms with E-state index in [4.69, 9.17) is 33.2 Å². The molecule has 2 aromatic carbocycles. The molecular formula is C34H42O11. The second kappa shape index (κ2) is 15.4. The molecule has 0 spiro atoms. The van der Waals surface area contributed by atoms with E-state index in [0.29, 0.717) is 30.9 Å². The lowest BCUT2D eigenvalue weighted by molar-refractivity contribution is -0.254. The summed E-state index contributed by atoms with van der Waals surface area (Å²) in [5.74, 6) is -2.00. The third-order valence-corrected chi connectivity index (χ3v) is 7.82. The molecule has 2 fully saturated rings. The summed E-state index contributed by atoms with van der Waals surface area (Å²) in [6.45, 7) is 9.69. The largest absolute Gasteiger partial charge is 0.488 e. The average molecular weight is 627 g/mol. The van der Waals surface area contributed by atoms with E-state index in [2.05, 4.69) is 31.2 Å². The smallest absolute Gasteiger partial charge is 0.303 e. The molecular weight excluding hydrogens is 584 g/mol. The summed E-state index contributed by atoms with van der Waals surface area (Å²) in [4.78, 5) is 48.7. The number of rotatable bonds is 11. The van der Waals surface area contributed by atoms with Crippen LogP contribution in [0.15, 0.2) is 36.4 Å². The number of carbonyl (C=O) groups is 4. The zero-order chi connectivity index (χ0) is 32.7. The number of carbonyl (C=O) groups excluding carboxylic acids is 4.